The highest BCUT2D eigenvalue weighted by Crippen LogP contribution is 2.42. The van der Waals surface area contributed by atoms with Crippen molar-refractivity contribution in [2.75, 3.05) is 45.9 Å². The monoisotopic (exact) mass is 372 g/mol. The van der Waals surface area contributed by atoms with E-state index in [4.69, 9.17) is 9.47 Å². The number of hydrogen-bond acceptors (Lipinski definition) is 4. The molecule has 5 heteroatoms. The molecular weight excluding hydrogens is 340 g/mol. The third kappa shape index (κ3) is 3.85. The van der Waals surface area contributed by atoms with Gasteiger partial charge in [0.05, 0.1) is 18.8 Å². The lowest BCUT2D eigenvalue weighted by molar-refractivity contribution is -0.138. The molecule has 4 rings (SSSR count). The zero-order valence-electron chi connectivity index (χ0n) is 16.7. The van der Waals surface area contributed by atoms with Crippen LogP contribution in [0.5, 0.6) is 5.75 Å². The van der Waals surface area contributed by atoms with Gasteiger partial charge in [0.25, 0.3) is 0 Å². The summed E-state index contributed by atoms with van der Waals surface area (Å²) in [5.74, 6) is 1.80. The van der Waals surface area contributed by atoms with Gasteiger partial charge < -0.3 is 19.3 Å². The Hall–Kier alpha value is -1.59. The Kier molecular flexibility index (Phi) is 5.42. The predicted molar refractivity (Wildman–Crippen MR) is 105 cm³/mol. The van der Waals surface area contributed by atoms with Crippen molar-refractivity contribution in [3.05, 3.63) is 29.3 Å². The predicted octanol–water partition coefficient (Wildman–Crippen LogP) is 2.82. The van der Waals surface area contributed by atoms with Gasteiger partial charge in [-0.15, -0.1) is 0 Å². The van der Waals surface area contributed by atoms with E-state index in [1.807, 2.05) is 4.90 Å². The molecule has 3 aliphatic heterocycles. The zero-order chi connectivity index (χ0) is 18.9. The summed E-state index contributed by atoms with van der Waals surface area (Å²) in [6.07, 6.45) is 3.95. The van der Waals surface area contributed by atoms with E-state index in [1.165, 1.54) is 24.1 Å². The van der Waals surface area contributed by atoms with E-state index in [-0.39, 0.29) is 11.5 Å². The van der Waals surface area contributed by atoms with Gasteiger partial charge in [-0.2, -0.15) is 0 Å². The van der Waals surface area contributed by atoms with Gasteiger partial charge in [0.1, 0.15) is 5.75 Å². The second-order valence-corrected chi connectivity index (χ2v) is 8.28. The van der Waals surface area contributed by atoms with Gasteiger partial charge in [0, 0.05) is 32.5 Å². The van der Waals surface area contributed by atoms with Gasteiger partial charge in [-0.3, -0.25) is 4.79 Å². The number of carbonyl (C=O) groups excluding carboxylic acids is 1. The van der Waals surface area contributed by atoms with E-state index in [0.29, 0.717) is 5.92 Å². The maximum absolute atomic E-state index is 11.6. The second kappa shape index (κ2) is 7.80. The fourth-order valence-corrected chi connectivity index (χ4v) is 4.89. The van der Waals surface area contributed by atoms with E-state index < -0.39 is 0 Å². The van der Waals surface area contributed by atoms with Crippen LogP contribution in [0.4, 0.5) is 0 Å². The summed E-state index contributed by atoms with van der Waals surface area (Å²) in [6, 6.07) is 6.54. The third-order valence-electron chi connectivity index (χ3n) is 6.64. The maximum atomic E-state index is 11.6. The first-order valence-electron chi connectivity index (χ1n) is 10.5. The number of likely N-dealkylation sites (tertiary alicyclic amines) is 2. The van der Waals surface area contributed by atoms with Crippen LogP contribution in [0.2, 0.25) is 0 Å². The number of piperidine rings is 1. The molecule has 0 radical (unpaired) electrons. The Balaban J connectivity index is 1.42. The van der Waals surface area contributed by atoms with Gasteiger partial charge in [0.2, 0.25) is 5.91 Å². The highest BCUT2D eigenvalue weighted by molar-refractivity contribution is 5.73. The largest absolute Gasteiger partial charge is 0.493 e. The van der Waals surface area contributed by atoms with Gasteiger partial charge in [0.15, 0.2) is 0 Å². The van der Waals surface area contributed by atoms with Crippen LogP contribution in [0.3, 0.4) is 0 Å². The van der Waals surface area contributed by atoms with Crippen molar-refractivity contribution in [2.24, 2.45) is 5.92 Å². The summed E-state index contributed by atoms with van der Waals surface area (Å²) in [7, 11) is 0. The molecule has 1 amide bonds. The lowest BCUT2D eigenvalue weighted by Gasteiger charge is -2.45. The topological polar surface area (TPSA) is 42.0 Å². The molecule has 148 valence electrons. The van der Waals surface area contributed by atoms with Gasteiger partial charge in [-0.05, 0) is 62.0 Å². The molecule has 1 spiro atoms. The molecule has 0 aromatic heterocycles. The van der Waals surface area contributed by atoms with Crippen molar-refractivity contribution in [1.82, 2.24) is 9.80 Å². The van der Waals surface area contributed by atoms with Crippen LogP contribution in [0.1, 0.15) is 44.2 Å². The highest BCUT2D eigenvalue weighted by Gasteiger charge is 2.41. The average molecular weight is 373 g/mol. The quantitative estimate of drug-likeness (QED) is 0.815. The Morgan fingerprint density at radius 1 is 1.30 bits per heavy atom. The molecule has 1 aromatic rings. The number of nitrogens with zero attached hydrogens (tertiary/aromatic N) is 2. The summed E-state index contributed by atoms with van der Waals surface area (Å²) >= 11 is 0. The number of hydrogen-bond donors (Lipinski definition) is 0. The second-order valence-electron chi connectivity index (χ2n) is 8.28. The lowest BCUT2D eigenvalue weighted by atomic mass is 9.79. The van der Waals surface area contributed by atoms with Crippen molar-refractivity contribution in [1.29, 1.82) is 0 Å². The fourth-order valence-electron chi connectivity index (χ4n) is 4.89. The standard InChI is InChI=1S/C22H32N2O3/c1-3-23-10-6-18(15-23)16-26-20-4-5-21-19(14-20)7-13-27-22(21)8-11-24(12-9-22)17(2)25/h4-5,14,18H,3,6-13,15-16H2,1-2H3. The molecule has 2 fully saturated rings. The number of fused-ring (bicyclic) bond motifs is 2. The van der Waals surface area contributed by atoms with Crippen LogP contribution < -0.4 is 4.74 Å². The van der Waals surface area contributed by atoms with E-state index in [0.717, 1.165) is 64.4 Å². The van der Waals surface area contributed by atoms with Gasteiger partial charge >= 0.3 is 0 Å². The minimum Gasteiger partial charge on any atom is -0.493 e. The molecule has 0 N–H and O–H groups in total. The summed E-state index contributed by atoms with van der Waals surface area (Å²) < 4.78 is 12.4. The van der Waals surface area contributed by atoms with Crippen molar-refractivity contribution in [3.63, 3.8) is 0 Å². The minimum atomic E-state index is -0.217. The molecule has 0 bridgehead atoms. The Morgan fingerprint density at radius 3 is 2.81 bits per heavy atom. The number of carbonyl (C=O) groups is 1. The van der Waals surface area contributed by atoms with Gasteiger partial charge in [-0.1, -0.05) is 13.0 Å². The number of rotatable bonds is 4. The summed E-state index contributed by atoms with van der Waals surface area (Å²) in [5, 5.41) is 0. The zero-order valence-corrected chi connectivity index (χ0v) is 16.7. The maximum Gasteiger partial charge on any atom is 0.219 e. The Labute approximate surface area is 162 Å². The molecule has 0 aliphatic carbocycles. The van der Waals surface area contributed by atoms with Crippen LogP contribution in [0.15, 0.2) is 18.2 Å². The van der Waals surface area contributed by atoms with Gasteiger partial charge in [-0.25, -0.2) is 0 Å². The third-order valence-corrected chi connectivity index (χ3v) is 6.64. The summed E-state index contributed by atoms with van der Waals surface area (Å²) in [5.41, 5.74) is 2.45. The minimum absolute atomic E-state index is 0.165. The van der Waals surface area contributed by atoms with Crippen molar-refractivity contribution < 1.29 is 14.3 Å². The fraction of sp³-hybridized carbons (Fsp3) is 0.682. The highest BCUT2D eigenvalue weighted by atomic mass is 16.5. The van der Waals surface area contributed by atoms with Crippen molar-refractivity contribution in [2.45, 2.75) is 45.1 Å². The molecule has 3 aliphatic rings. The Morgan fingerprint density at radius 2 is 2.11 bits per heavy atom. The first-order valence-corrected chi connectivity index (χ1v) is 10.5. The van der Waals surface area contributed by atoms with Crippen molar-refractivity contribution >= 4 is 5.91 Å². The molecule has 2 saturated heterocycles. The van der Waals surface area contributed by atoms with E-state index in [9.17, 15) is 4.79 Å². The van der Waals surface area contributed by atoms with Crippen LogP contribution in [0, 0.1) is 5.92 Å². The smallest absolute Gasteiger partial charge is 0.219 e. The molecule has 1 aromatic carbocycles. The van der Waals surface area contributed by atoms with E-state index >= 15 is 0 Å². The number of ether oxygens (including phenoxy) is 2. The summed E-state index contributed by atoms with van der Waals surface area (Å²) in [6.45, 7) is 10.5. The van der Waals surface area contributed by atoms with Crippen LogP contribution in [0.25, 0.3) is 0 Å². The number of amides is 1. The van der Waals surface area contributed by atoms with Crippen LogP contribution >= 0.6 is 0 Å². The first kappa shape index (κ1) is 18.8. The molecule has 0 saturated carbocycles. The Bertz CT molecular complexity index is 682. The molecule has 1 atom stereocenters. The van der Waals surface area contributed by atoms with E-state index in [1.54, 1.807) is 6.92 Å². The van der Waals surface area contributed by atoms with Crippen LogP contribution in [-0.4, -0.2) is 61.6 Å². The summed E-state index contributed by atoms with van der Waals surface area (Å²) in [4.78, 5) is 16.1. The molecule has 1 unspecified atom stereocenters. The molecule has 5 nitrogen and oxygen atoms in total. The number of benzene rings is 1. The molecular formula is C22H32N2O3. The van der Waals surface area contributed by atoms with Crippen molar-refractivity contribution in [3.8, 4) is 5.75 Å². The van der Waals surface area contributed by atoms with E-state index in [2.05, 4.69) is 30.0 Å². The van der Waals surface area contributed by atoms with Crippen LogP contribution in [-0.2, 0) is 21.6 Å². The average Bonchev–Trinajstić information content (AvgIpc) is 3.15. The normalized spacial score (nSPS) is 24.8. The first-order chi connectivity index (χ1) is 13.1. The molecule has 27 heavy (non-hydrogen) atoms. The molecule has 3 heterocycles. The lowest BCUT2D eigenvalue weighted by Crippen LogP contribution is -2.47. The SMILES string of the molecule is CCN1CCC(COc2ccc3c(c2)CCOC32CCN(C(C)=O)CC2)C1.